The second-order valence-electron chi connectivity index (χ2n) is 4.03. The molecule has 0 aliphatic carbocycles. The monoisotopic (exact) mass is 245 g/mol. The molecular formula is C12H27N3S. The normalized spacial score (nSPS) is 13.6. The topological polar surface area (TPSA) is 36.4 Å². The molecule has 0 aromatic carbocycles. The van der Waals surface area contributed by atoms with E-state index in [0.717, 1.165) is 18.3 Å². The Kier molecular flexibility index (Phi) is 10.9. The molecule has 0 spiro atoms. The Morgan fingerprint density at radius 2 is 2.12 bits per heavy atom. The van der Waals surface area contributed by atoms with Crippen LogP contribution in [0.5, 0.6) is 0 Å². The predicted octanol–water partition coefficient (Wildman–Crippen LogP) is 2.48. The third-order valence-corrected chi connectivity index (χ3v) is 3.06. The van der Waals surface area contributed by atoms with Gasteiger partial charge in [-0.05, 0) is 19.6 Å². The van der Waals surface area contributed by atoms with Crippen molar-refractivity contribution in [3.8, 4) is 0 Å². The molecule has 0 bridgehead atoms. The van der Waals surface area contributed by atoms with Crippen molar-refractivity contribution >= 4 is 17.7 Å². The fourth-order valence-electron chi connectivity index (χ4n) is 1.47. The van der Waals surface area contributed by atoms with Crippen molar-refractivity contribution in [2.75, 3.05) is 25.6 Å². The van der Waals surface area contributed by atoms with Gasteiger partial charge in [-0.2, -0.15) is 11.8 Å². The number of unbranched alkanes of at least 4 members (excludes halogenated alkanes) is 2. The second-order valence-corrected chi connectivity index (χ2v) is 5.02. The van der Waals surface area contributed by atoms with Gasteiger partial charge in [0.25, 0.3) is 0 Å². The average molecular weight is 245 g/mol. The molecular weight excluding hydrogens is 218 g/mol. The average Bonchev–Trinajstić information content (AvgIpc) is 2.28. The van der Waals surface area contributed by atoms with Gasteiger partial charge in [0.1, 0.15) is 0 Å². The van der Waals surface area contributed by atoms with Crippen LogP contribution in [0.25, 0.3) is 0 Å². The minimum Gasteiger partial charge on any atom is -0.356 e. The maximum Gasteiger partial charge on any atom is 0.191 e. The number of aliphatic imine (C=N–C) groups is 1. The van der Waals surface area contributed by atoms with E-state index in [1.54, 1.807) is 0 Å². The highest BCUT2D eigenvalue weighted by atomic mass is 32.2. The molecule has 96 valence electrons. The van der Waals surface area contributed by atoms with E-state index in [2.05, 4.69) is 35.7 Å². The van der Waals surface area contributed by atoms with Crippen LogP contribution < -0.4 is 10.6 Å². The number of nitrogens with zero attached hydrogens (tertiary/aromatic N) is 1. The zero-order valence-corrected chi connectivity index (χ0v) is 12.0. The van der Waals surface area contributed by atoms with Crippen molar-refractivity contribution in [3.05, 3.63) is 0 Å². The highest BCUT2D eigenvalue weighted by Crippen LogP contribution is 2.02. The first-order valence-corrected chi connectivity index (χ1v) is 7.60. The quantitative estimate of drug-likeness (QED) is 0.392. The van der Waals surface area contributed by atoms with Crippen LogP contribution in [0.4, 0.5) is 0 Å². The summed E-state index contributed by atoms with van der Waals surface area (Å²) < 4.78 is 0. The molecule has 0 saturated heterocycles. The molecule has 3 nitrogen and oxygen atoms in total. The summed E-state index contributed by atoms with van der Waals surface area (Å²) in [7, 11) is 1.83. The number of thioether (sulfide) groups is 1. The van der Waals surface area contributed by atoms with Crippen molar-refractivity contribution in [1.29, 1.82) is 0 Å². The highest BCUT2D eigenvalue weighted by molar-refractivity contribution is 7.98. The Morgan fingerprint density at radius 1 is 1.38 bits per heavy atom. The van der Waals surface area contributed by atoms with Crippen molar-refractivity contribution < 1.29 is 0 Å². The van der Waals surface area contributed by atoms with E-state index in [4.69, 9.17) is 0 Å². The third-order valence-electron chi connectivity index (χ3n) is 2.45. The van der Waals surface area contributed by atoms with Crippen LogP contribution in [0.15, 0.2) is 4.99 Å². The first-order chi connectivity index (χ1) is 7.74. The molecule has 2 N–H and O–H groups in total. The maximum atomic E-state index is 4.21. The molecule has 16 heavy (non-hydrogen) atoms. The van der Waals surface area contributed by atoms with Gasteiger partial charge in [0.2, 0.25) is 0 Å². The van der Waals surface area contributed by atoms with Gasteiger partial charge in [0.05, 0.1) is 0 Å². The van der Waals surface area contributed by atoms with Crippen LogP contribution in [-0.2, 0) is 0 Å². The standard InChI is InChI=1S/C12H27N3S/c1-5-6-7-8-11(2)15-12(13-3)14-9-10-16-4/h11H,5-10H2,1-4H3,(H2,13,14,15). The van der Waals surface area contributed by atoms with Crippen LogP contribution in [0.2, 0.25) is 0 Å². The molecule has 4 heteroatoms. The van der Waals surface area contributed by atoms with Crippen LogP contribution in [-0.4, -0.2) is 37.6 Å². The van der Waals surface area contributed by atoms with Crippen molar-refractivity contribution in [2.24, 2.45) is 4.99 Å². The zero-order chi connectivity index (χ0) is 12.2. The van der Waals surface area contributed by atoms with Gasteiger partial charge in [-0.3, -0.25) is 4.99 Å². The van der Waals surface area contributed by atoms with E-state index >= 15 is 0 Å². The van der Waals surface area contributed by atoms with Crippen LogP contribution in [0, 0.1) is 0 Å². The van der Waals surface area contributed by atoms with Gasteiger partial charge in [-0.15, -0.1) is 0 Å². The Bertz CT molecular complexity index is 183. The number of hydrogen-bond acceptors (Lipinski definition) is 2. The zero-order valence-electron chi connectivity index (χ0n) is 11.2. The summed E-state index contributed by atoms with van der Waals surface area (Å²) >= 11 is 1.84. The first-order valence-electron chi connectivity index (χ1n) is 6.20. The van der Waals surface area contributed by atoms with Crippen molar-refractivity contribution in [1.82, 2.24) is 10.6 Å². The third kappa shape index (κ3) is 8.89. The minimum atomic E-state index is 0.507. The van der Waals surface area contributed by atoms with Crippen molar-refractivity contribution in [2.45, 2.75) is 45.6 Å². The van der Waals surface area contributed by atoms with E-state index in [1.807, 2.05) is 18.8 Å². The van der Waals surface area contributed by atoms with Gasteiger partial charge in [0, 0.05) is 25.4 Å². The summed E-state index contributed by atoms with van der Waals surface area (Å²) in [5, 5.41) is 6.72. The first kappa shape index (κ1) is 15.6. The largest absolute Gasteiger partial charge is 0.356 e. The summed E-state index contributed by atoms with van der Waals surface area (Å²) in [6.45, 7) is 5.43. The Hall–Kier alpha value is -0.380. The molecule has 1 atom stereocenters. The van der Waals surface area contributed by atoms with Gasteiger partial charge in [-0.1, -0.05) is 26.2 Å². The van der Waals surface area contributed by atoms with Crippen LogP contribution >= 0.6 is 11.8 Å². The molecule has 0 aromatic heterocycles. The van der Waals surface area contributed by atoms with Gasteiger partial charge >= 0.3 is 0 Å². The van der Waals surface area contributed by atoms with E-state index in [1.165, 1.54) is 25.7 Å². The SMILES string of the molecule is CCCCCC(C)NC(=NC)NCCSC. The number of rotatable bonds is 8. The number of hydrogen-bond donors (Lipinski definition) is 2. The summed E-state index contributed by atoms with van der Waals surface area (Å²) in [6.07, 6.45) is 7.24. The van der Waals surface area contributed by atoms with Gasteiger partial charge in [0.15, 0.2) is 5.96 Å². The fourth-order valence-corrected chi connectivity index (χ4v) is 1.78. The number of nitrogens with one attached hydrogen (secondary N) is 2. The molecule has 0 aliphatic rings. The van der Waals surface area contributed by atoms with E-state index in [9.17, 15) is 0 Å². The summed E-state index contributed by atoms with van der Waals surface area (Å²) in [6, 6.07) is 0.507. The second kappa shape index (κ2) is 11.1. The van der Waals surface area contributed by atoms with Crippen LogP contribution in [0.1, 0.15) is 39.5 Å². The number of guanidine groups is 1. The molecule has 0 heterocycles. The van der Waals surface area contributed by atoms with Crippen molar-refractivity contribution in [3.63, 3.8) is 0 Å². The molecule has 0 aliphatic heterocycles. The highest BCUT2D eigenvalue weighted by Gasteiger charge is 2.03. The molecule has 0 saturated carbocycles. The van der Waals surface area contributed by atoms with E-state index in [-0.39, 0.29) is 0 Å². The summed E-state index contributed by atoms with van der Waals surface area (Å²) in [5.41, 5.74) is 0. The molecule has 1 unspecified atom stereocenters. The fraction of sp³-hybridized carbons (Fsp3) is 0.917. The molecule has 0 radical (unpaired) electrons. The lowest BCUT2D eigenvalue weighted by Gasteiger charge is -2.17. The molecule has 0 rings (SSSR count). The molecule has 0 fully saturated rings. The smallest absolute Gasteiger partial charge is 0.191 e. The van der Waals surface area contributed by atoms with E-state index in [0.29, 0.717) is 6.04 Å². The Balaban J connectivity index is 3.66. The minimum absolute atomic E-state index is 0.507. The summed E-state index contributed by atoms with van der Waals surface area (Å²) in [5.74, 6) is 2.04. The lowest BCUT2D eigenvalue weighted by Crippen LogP contribution is -2.42. The lowest BCUT2D eigenvalue weighted by molar-refractivity contribution is 0.548. The predicted molar refractivity (Wildman–Crippen MR) is 76.5 cm³/mol. The Labute approximate surface area is 105 Å². The van der Waals surface area contributed by atoms with Gasteiger partial charge < -0.3 is 10.6 Å². The summed E-state index contributed by atoms with van der Waals surface area (Å²) in [4.78, 5) is 4.21. The molecule has 0 aromatic rings. The molecule has 0 amide bonds. The van der Waals surface area contributed by atoms with Gasteiger partial charge in [-0.25, -0.2) is 0 Å². The van der Waals surface area contributed by atoms with Crippen LogP contribution in [0.3, 0.4) is 0 Å². The lowest BCUT2D eigenvalue weighted by atomic mass is 10.1. The maximum absolute atomic E-state index is 4.21. The van der Waals surface area contributed by atoms with E-state index < -0.39 is 0 Å². The Morgan fingerprint density at radius 3 is 2.69 bits per heavy atom.